The Labute approximate surface area is 89.4 Å². The maximum absolute atomic E-state index is 2.51. The summed E-state index contributed by atoms with van der Waals surface area (Å²) in [6.45, 7) is 0. The molecule has 2 aliphatic carbocycles. The van der Waals surface area contributed by atoms with E-state index in [-0.39, 0.29) is 0 Å². The van der Waals surface area contributed by atoms with Crippen LogP contribution in [0.2, 0.25) is 0 Å². The van der Waals surface area contributed by atoms with Gasteiger partial charge in [0.15, 0.2) is 0 Å². The molecule has 0 aromatic rings. The van der Waals surface area contributed by atoms with Crippen LogP contribution in [0.3, 0.4) is 0 Å². The quantitative estimate of drug-likeness (QED) is 0.541. The molecule has 1 saturated carbocycles. The summed E-state index contributed by atoms with van der Waals surface area (Å²) in [6.07, 6.45) is 19.4. The van der Waals surface area contributed by atoms with Crippen molar-refractivity contribution in [2.45, 2.75) is 19.3 Å². The summed E-state index contributed by atoms with van der Waals surface area (Å²) in [5.74, 6) is 4.44. The van der Waals surface area contributed by atoms with Crippen LogP contribution in [0.5, 0.6) is 0 Å². The largest absolute Gasteiger partial charge is 0.292 e. The van der Waals surface area contributed by atoms with Crippen LogP contribution in [0.4, 0.5) is 0 Å². The fourth-order valence-corrected chi connectivity index (χ4v) is 4.27. The molecular weight excluding hydrogens is 188 g/mol. The Balaban J connectivity index is 1.86. The van der Waals surface area contributed by atoms with E-state index in [2.05, 4.69) is 37.2 Å². The highest BCUT2D eigenvalue weighted by Gasteiger charge is 2.36. The molecule has 0 amide bonds. The van der Waals surface area contributed by atoms with Crippen LogP contribution in [0.15, 0.2) is 12.2 Å². The van der Waals surface area contributed by atoms with Gasteiger partial charge in [-0.2, -0.15) is 0 Å². The van der Waals surface area contributed by atoms with E-state index in [0.29, 0.717) is 0 Å². The Hall–Kier alpha value is 0.0900. The fraction of sp³-hybridized carbons (Fsp3) is 0.846. The fourth-order valence-electron chi connectivity index (χ4n) is 2.91. The van der Waals surface area contributed by atoms with Crippen molar-refractivity contribution in [3.63, 3.8) is 0 Å². The van der Waals surface area contributed by atoms with Crippen molar-refractivity contribution in [3.8, 4) is 0 Å². The normalized spacial score (nSPS) is 38.6. The molecule has 0 aliphatic heterocycles. The van der Waals surface area contributed by atoms with Crippen molar-refractivity contribution < 1.29 is 0 Å². The molecule has 0 N–H and O–H groups in total. The molecular formula is C13H26S. The maximum Gasteiger partial charge on any atom is -0.0199 e. The Morgan fingerprint density at radius 2 is 1.79 bits per heavy atom. The van der Waals surface area contributed by atoms with Crippen molar-refractivity contribution in [2.75, 3.05) is 30.8 Å². The third-order valence-corrected chi connectivity index (χ3v) is 5.86. The maximum atomic E-state index is 2.51. The summed E-state index contributed by atoms with van der Waals surface area (Å²) in [5, 5.41) is 0. The van der Waals surface area contributed by atoms with Crippen LogP contribution >= 0.6 is 9.16 Å². The average molecular weight is 214 g/mol. The molecule has 0 heterocycles. The SMILES string of the molecule is C[SH](C)(C)(C)CCC1CC2C=CC1C2. The molecule has 3 unspecified atom stereocenters. The van der Waals surface area contributed by atoms with Crippen LogP contribution in [0, 0.1) is 17.8 Å². The van der Waals surface area contributed by atoms with Crippen molar-refractivity contribution in [2.24, 2.45) is 17.8 Å². The van der Waals surface area contributed by atoms with Gasteiger partial charge in [-0.3, -0.25) is 9.16 Å². The average Bonchev–Trinajstić information content (AvgIpc) is 2.57. The highest BCUT2D eigenvalue weighted by Crippen LogP contribution is 2.57. The lowest BCUT2D eigenvalue weighted by atomic mass is 9.91. The molecule has 1 heteroatoms. The van der Waals surface area contributed by atoms with E-state index in [1.807, 2.05) is 0 Å². The first-order chi connectivity index (χ1) is 6.30. The van der Waals surface area contributed by atoms with E-state index in [9.17, 15) is 0 Å². The minimum absolute atomic E-state index is 0.957. The van der Waals surface area contributed by atoms with E-state index in [1.54, 1.807) is 0 Å². The number of rotatable bonds is 3. The van der Waals surface area contributed by atoms with Crippen LogP contribution in [0.25, 0.3) is 0 Å². The summed E-state index contributed by atoms with van der Waals surface area (Å²) < 4.78 is 0. The Bertz CT molecular complexity index is 247. The molecule has 2 aliphatic rings. The van der Waals surface area contributed by atoms with Crippen molar-refractivity contribution in [1.29, 1.82) is 0 Å². The van der Waals surface area contributed by atoms with Gasteiger partial charge in [0.05, 0.1) is 0 Å². The summed E-state index contributed by atoms with van der Waals surface area (Å²) in [4.78, 5) is 0. The number of thiol groups is 1. The molecule has 84 valence electrons. The smallest absolute Gasteiger partial charge is 0.0199 e. The molecule has 0 nitrogen and oxygen atoms in total. The predicted molar refractivity (Wildman–Crippen MR) is 71.0 cm³/mol. The number of hydrogen-bond donors (Lipinski definition) is 1. The van der Waals surface area contributed by atoms with Crippen LogP contribution in [-0.2, 0) is 0 Å². The third-order valence-electron chi connectivity index (χ3n) is 3.81. The first kappa shape index (κ1) is 10.6. The second-order valence-corrected chi connectivity index (χ2v) is 15.8. The number of hydrogen-bond acceptors (Lipinski definition) is 0. The zero-order valence-corrected chi connectivity index (χ0v) is 11.1. The zero-order chi connectivity index (χ0) is 10.4. The highest BCUT2D eigenvalue weighted by molar-refractivity contribution is 8.47. The Kier molecular flexibility index (Phi) is 2.30. The van der Waals surface area contributed by atoms with E-state index < -0.39 is 9.16 Å². The predicted octanol–water partition coefficient (Wildman–Crippen LogP) is 3.18. The van der Waals surface area contributed by atoms with E-state index in [0.717, 1.165) is 17.8 Å². The molecule has 2 bridgehead atoms. The zero-order valence-electron chi connectivity index (χ0n) is 10.2. The lowest BCUT2D eigenvalue weighted by Crippen LogP contribution is -2.19. The van der Waals surface area contributed by atoms with Crippen LogP contribution in [0.1, 0.15) is 19.3 Å². The van der Waals surface area contributed by atoms with E-state index >= 15 is 0 Å². The van der Waals surface area contributed by atoms with E-state index in [4.69, 9.17) is 0 Å². The molecule has 0 saturated heterocycles. The minimum atomic E-state index is -1.23. The summed E-state index contributed by atoms with van der Waals surface area (Å²) in [7, 11) is -1.23. The van der Waals surface area contributed by atoms with Gasteiger partial charge in [0.2, 0.25) is 0 Å². The topological polar surface area (TPSA) is 0 Å². The summed E-state index contributed by atoms with van der Waals surface area (Å²) in [5.41, 5.74) is 0. The first-order valence-electron chi connectivity index (χ1n) is 5.98. The standard InChI is InChI=1S/C13H26S/c1-14(2,3,4)8-7-13-10-11-5-6-12(13)9-11/h5-6,11-14H,7-10H2,1-4H3. The van der Waals surface area contributed by atoms with Crippen LogP contribution in [-0.4, -0.2) is 30.8 Å². The molecule has 2 rings (SSSR count). The molecule has 0 aromatic carbocycles. The Morgan fingerprint density at radius 1 is 1.07 bits per heavy atom. The molecule has 3 atom stereocenters. The minimum Gasteiger partial charge on any atom is -0.292 e. The Morgan fingerprint density at radius 3 is 2.21 bits per heavy atom. The lowest BCUT2D eigenvalue weighted by Gasteiger charge is -2.48. The first-order valence-corrected chi connectivity index (χ1v) is 10.2. The molecule has 0 radical (unpaired) electrons. The van der Waals surface area contributed by atoms with Gasteiger partial charge in [-0.25, -0.2) is 0 Å². The van der Waals surface area contributed by atoms with Gasteiger partial charge in [-0.15, -0.1) is 0 Å². The third kappa shape index (κ3) is 2.56. The van der Waals surface area contributed by atoms with Crippen molar-refractivity contribution in [3.05, 3.63) is 12.2 Å². The van der Waals surface area contributed by atoms with Gasteiger partial charge < -0.3 is 0 Å². The van der Waals surface area contributed by atoms with Gasteiger partial charge in [0.25, 0.3) is 0 Å². The van der Waals surface area contributed by atoms with Gasteiger partial charge in [0.1, 0.15) is 0 Å². The lowest BCUT2D eigenvalue weighted by molar-refractivity contribution is 0.436. The summed E-state index contributed by atoms with van der Waals surface area (Å²) >= 11 is 0. The van der Waals surface area contributed by atoms with Gasteiger partial charge >= 0.3 is 0 Å². The summed E-state index contributed by atoms with van der Waals surface area (Å²) in [6, 6.07) is 0. The second-order valence-electron chi connectivity index (χ2n) is 7.50. The number of allylic oxidation sites excluding steroid dienone is 2. The van der Waals surface area contributed by atoms with Gasteiger partial charge in [-0.1, -0.05) is 12.2 Å². The monoisotopic (exact) mass is 214 g/mol. The van der Waals surface area contributed by atoms with E-state index in [1.165, 1.54) is 25.0 Å². The number of fused-ring (bicyclic) bond motifs is 2. The molecule has 14 heavy (non-hydrogen) atoms. The second kappa shape index (κ2) is 3.04. The van der Waals surface area contributed by atoms with Crippen molar-refractivity contribution >= 4 is 9.16 Å². The molecule has 1 fully saturated rings. The van der Waals surface area contributed by atoms with Crippen LogP contribution < -0.4 is 0 Å². The van der Waals surface area contributed by atoms with Crippen molar-refractivity contribution in [1.82, 2.24) is 0 Å². The van der Waals surface area contributed by atoms with Gasteiger partial charge in [-0.05, 0) is 67.8 Å². The highest BCUT2D eigenvalue weighted by atomic mass is 32.3. The molecule has 0 spiro atoms. The van der Waals surface area contributed by atoms with Gasteiger partial charge in [0, 0.05) is 0 Å². The molecule has 0 aromatic heterocycles.